The number of carbonyl (C=O) groups excluding carboxylic acids is 1. The van der Waals surface area contributed by atoms with Crippen molar-refractivity contribution in [2.24, 2.45) is 7.05 Å². The van der Waals surface area contributed by atoms with E-state index in [1.54, 1.807) is 19.3 Å². The molecule has 0 atom stereocenters. The number of aryl methyl sites for hydroxylation is 1. The van der Waals surface area contributed by atoms with Gasteiger partial charge in [0.05, 0.1) is 6.54 Å². The number of carbonyl (C=O) groups is 1. The molecule has 1 aromatic heterocycles. The predicted molar refractivity (Wildman–Crippen MR) is 70.4 cm³/mol. The number of hydrogen-bond acceptors (Lipinski definition) is 3. The lowest BCUT2D eigenvalue weighted by Gasteiger charge is -2.08. The van der Waals surface area contributed by atoms with Gasteiger partial charge in [0.15, 0.2) is 0 Å². The van der Waals surface area contributed by atoms with E-state index in [-0.39, 0.29) is 5.91 Å². The van der Waals surface area contributed by atoms with Crippen molar-refractivity contribution in [2.45, 2.75) is 6.54 Å². The highest BCUT2D eigenvalue weighted by molar-refractivity contribution is 5.94. The molecule has 5 heteroatoms. The van der Waals surface area contributed by atoms with Crippen LogP contribution in [0.25, 0.3) is 0 Å². The molecule has 2 rings (SSSR count). The average Bonchev–Trinajstić information content (AvgIpc) is 2.81. The number of aromatic nitrogens is 2. The normalized spacial score (nSPS) is 10.1. The Hall–Kier alpha value is -2.30. The van der Waals surface area contributed by atoms with Crippen LogP contribution in [0.3, 0.4) is 0 Å². The highest BCUT2D eigenvalue weighted by Crippen LogP contribution is 2.11. The van der Waals surface area contributed by atoms with E-state index in [1.807, 2.05) is 36.0 Å². The zero-order valence-electron chi connectivity index (χ0n) is 10.5. The van der Waals surface area contributed by atoms with Gasteiger partial charge in [0.2, 0.25) is 0 Å². The van der Waals surface area contributed by atoms with E-state index < -0.39 is 0 Å². The topological polar surface area (TPSA) is 59.0 Å². The minimum absolute atomic E-state index is 0.0874. The Bertz CT molecular complexity index is 547. The first-order valence-electron chi connectivity index (χ1n) is 5.73. The second kappa shape index (κ2) is 5.35. The van der Waals surface area contributed by atoms with E-state index in [2.05, 4.69) is 15.6 Å². The highest BCUT2D eigenvalue weighted by atomic mass is 16.1. The number of nitrogens with one attached hydrogen (secondary N) is 2. The van der Waals surface area contributed by atoms with Crippen molar-refractivity contribution in [3.63, 3.8) is 0 Å². The molecule has 0 radical (unpaired) electrons. The van der Waals surface area contributed by atoms with Gasteiger partial charge in [0.1, 0.15) is 5.82 Å². The summed E-state index contributed by atoms with van der Waals surface area (Å²) >= 11 is 0. The van der Waals surface area contributed by atoms with Crippen molar-refractivity contribution in [1.29, 1.82) is 0 Å². The Labute approximate surface area is 106 Å². The fourth-order valence-electron chi connectivity index (χ4n) is 1.66. The molecule has 2 aromatic rings. The van der Waals surface area contributed by atoms with Gasteiger partial charge in [-0.25, -0.2) is 4.98 Å². The van der Waals surface area contributed by atoms with E-state index in [1.165, 1.54) is 0 Å². The lowest BCUT2D eigenvalue weighted by molar-refractivity contribution is 0.0963. The fourth-order valence-corrected chi connectivity index (χ4v) is 1.66. The largest absolute Gasteiger partial charge is 0.378 e. The summed E-state index contributed by atoms with van der Waals surface area (Å²) in [5.74, 6) is 0.857. The van der Waals surface area contributed by atoms with Crippen LogP contribution in [-0.4, -0.2) is 22.5 Å². The van der Waals surface area contributed by atoms with E-state index in [9.17, 15) is 4.79 Å². The van der Waals surface area contributed by atoms with E-state index in [0.717, 1.165) is 11.5 Å². The Balaban J connectivity index is 2.06. The standard InChI is InChI=1S/C13H16N4O/c1-14-13(18)10-4-3-5-11(8-10)16-9-12-15-6-7-17(12)2/h3-8,16H,9H2,1-2H3,(H,14,18). The summed E-state index contributed by atoms with van der Waals surface area (Å²) in [5.41, 5.74) is 1.54. The van der Waals surface area contributed by atoms with Crippen molar-refractivity contribution in [1.82, 2.24) is 14.9 Å². The number of amides is 1. The second-order valence-electron chi connectivity index (χ2n) is 3.97. The number of nitrogens with zero attached hydrogens (tertiary/aromatic N) is 2. The maximum absolute atomic E-state index is 11.5. The Morgan fingerprint density at radius 3 is 2.94 bits per heavy atom. The Morgan fingerprint density at radius 2 is 2.28 bits per heavy atom. The summed E-state index contributed by atoms with van der Waals surface area (Å²) in [6, 6.07) is 7.38. The molecule has 18 heavy (non-hydrogen) atoms. The van der Waals surface area contributed by atoms with Crippen LogP contribution in [0.5, 0.6) is 0 Å². The third-order valence-corrected chi connectivity index (χ3v) is 2.72. The molecule has 2 N–H and O–H groups in total. The molecule has 1 aromatic carbocycles. The fraction of sp³-hybridized carbons (Fsp3) is 0.231. The average molecular weight is 244 g/mol. The number of imidazole rings is 1. The molecule has 94 valence electrons. The van der Waals surface area contributed by atoms with E-state index in [0.29, 0.717) is 12.1 Å². The van der Waals surface area contributed by atoms with Crippen LogP contribution in [0, 0.1) is 0 Å². The number of anilines is 1. The molecule has 0 aliphatic carbocycles. The van der Waals surface area contributed by atoms with Crippen molar-refractivity contribution >= 4 is 11.6 Å². The summed E-state index contributed by atoms with van der Waals surface area (Å²) in [7, 11) is 3.57. The van der Waals surface area contributed by atoms with Crippen LogP contribution < -0.4 is 10.6 Å². The first-order valence-corrected chi connectivity index (χ1v) is 5.73. The van der Waals surface area contributed by atoms with Gasteiger partial charge in [-0.05, 0) is 18.2 Å². The van der Waals surface area contributed by atoms with Crippen LogP contribution in [0.1, 0.15) is 16.2 Å². The lowest BCUT2D eigenvalue weighted by Crippen LogP contribution is -2.17. The molecule has 5 nitrogen and oxygen atoms in total. The monoisotopic (exact) mass is 244 g/mol. The molecule has 0 aliphatic heterocycles. The lowest BCUT2D eigenvalue weighted by atomic mass is 10.2. The molecule has 0 bridgehead atoms. The number of benzene rings is 1. The zero-order valence-corrected chi connectivity index (χ0v) is 10.5. The molecule has 0 unspecified atom stereocenters. The SMILES string of the molecule is CNC(=O)c1cccc(NCc2nccn2C)c1. The van der Waals surface area contributed by atoms with E-state index >= 15 is 0 Å². The van der Waals surface area contributed by atoms with Gasteiger partial charge in [0.25, 0.3) is 5.91 Å². The van der Waals surface area contributed by atoms with Gasteiger partial charge in [-0.1, -0.05) is 6.07 Å². The van der Waals surface area contributed by atoms with Gasteiger partial charge in [0, 0.05) is 37.7 Å². The first kappa shape index (κ1) is 12.2. The van der Waals surface area contributed by atoms with Gasteiger partial charge in [-0.15, -0.1) is 0 Å². The molecule has 0 aliphatic rings. The van der Waals surface area contributed by atoms with Gasteiger partial charge in [-0.2, -0.15) is 0 Å². The van der Waals surface area contributed by atoms with E-state index in [4.69, 9.17) is 0 Å². The molecule has 0 spiro atoms. The molecule has 0 fully saturated rings. The first-order chi connectivity index (χ1) is 8.70. The van der Waals surface area contributed by atoms with Gasteiger partial charge in [-0.3, -0.25) is 4.79 Å². The minimum atomic E-state index is -0.0874. The van der Waals surface area contributed by atoms with Crippen molar-refractivity contribution < 1.29 is 4.79 Å². The molecular formula is C13H16N4O. The molecule has 1 heterocycles. The van der Waals surface area contributed by atoms with Gasteiger partial charge < -0.3 is 15.2 Å². The van der Waals surface area contributed by atoms with Crippen LogP contribution in [0.2, 0.25) is 0 Å². The van der Waals surface area contributed by atoms with Gasteiger partial charge >= 0.3 is 0 Å². The quantitative estimate of drug-likeness (QED) is 0.854. The van der Waals surface area contributed by atoms with Crippen LogP contribution in [0.15, 0.2) is 36.7 Å². The Kier molecular flexibility index (Phi) is 3.62. The van der Waals surface area contributed by atoms with Crippen LogP contribution in [0.4, 0.5) is 5.69 Å². The van der Waals surface area contributed by atoms with Crippen LogP contribution >= 0.6 is 0 Å². The third-order valence-electron chi connectivity index (χ3n) is 2.72. The van der Waals surface area contributed by atoms with Crippen molar-refractivity contribution in [3.05, 3.63) is 48.0 Å². The molecule has 0 saturated heterocycles. The predicted octanol–water partition coefficient (Wildman–Crippen LogP) is 1.39. The maximum atomic E-state index is 11.5. The smallest absolute Gasteiger partial charge is 0.251 e. The highest BCUT2D eigenvalue weighted by Gasteiger charge is 2.04. The minimum Gasteiger partial charge on any atom is -0.378 e. The zero-order chi connectivity index (χ0) is 13.0. The second-order valence-corrected chi connectivity index (χ2v) is 3.97. The molecule has 1 amide bonds. The van der Waals surface area contributed by atoms with Crippen molar-refractivity contribution in [2.75, 3.05) is 12.4 Å². The van der Waals surface area contributed by atoms with Crippen LogP contribution in [-0.2, 0) is 13.6 Å². The maximum Gasteiger partial charge on any atom is 0.251 e. The van der Waals surface area contributed by atoms with Crippen molar-refractivity contribution in [3.8, 4) is 0 Å². The summed E-state index contributed by atoms with van der Waals surface area (Å²) in [6.07, 6.45) is 3.66. The number of hydrogen-bond donors (Lipinski definition) is 2. The summed E-state index contributed by atoms with van der Waals surface area (Å²) in [5, 5.41) is 5.85. The Morgan fingerprint density at radius 1 is 1.44 bits per heavy atom. The molecule has 0 saturated carbocycles. The summed E-state index contributed by atoms with van der Waals surface area (Å²) < 4.78 is 1.95. The molecular weight excluding hydrogens is 228 g/mol. The summed E-state index contributed by atoms with van der Waals surface area (Å²) in [4.78, 5) is 15.7. The third kappa shape index (κ3) is 2.68. The number of rotatable bonds is 4. The summed E-state index contributed by atoms with van der Waals surface area (Å²) in [6.45, 7) is 0.626.